The molecule has 0 aliphatic carbocycles. The smallest absolute Gasteiger partial charge is 0.255 e. The van der Waals surface area contributed by atoms with Crippen molar-refractivity contribution in [1.29, 1.82) is 0 Å². The molecule has 5 heteroatoms. The van der Waals surface area contributed by atoms with Crippen LogP contribution >= 0.6 is 11.6 Å². The molecule has 0 saturated heterocycles. The highest BCUT2D eigenvalue weighted by atomic mass is 35.5. The summed E-state index contributed by atoms with van der Waals surface area (Å²) in [6.07, 6.45) is 0. The molecule has 0 saturated carbocycles. The molecule has 98 valence electrons. The third-order valence-electron chi connectivity index (χ3n) is 2.66. The maximum atomic E-state index is 12.0. The topological polar surface area (TPSA) is 69.6 Å². The zero-order chi connectivity index (χ0) is 14.0. The van der Waals surface area contributed by atoms with Crippen molar-refractivity contribution in [2.75, 3.05) is 5.32 Å². The van der Waals surface area contributed by atoms with Gasteiger partial charge in [-0.1, -0.05) is 11.6 Å². The number of hydrogen-bond donors (Lipinski definition) is 3. The van der Waals surface area contributed by atoms with Gasteiger partial charge in [-0.25, -0.2) is 0 Å². The van der Waals surface area contributed by atoms with E-state index in [2.05, 4.69) is 5.32 Å². The molecule has 0 aliphatic rings. The summed E-state index contributed by atoms with van der Waals surface area (Å²) in [4.78, 5) is 12.0. The zero-order valence-corrected chi connectivity index (χ0v) is 10.9. The van der Waals surface area contributed by atoms with Crippen LogP contribution in [0.2, 0.25) is 5.02 Å². The molecule has 2 rings (SSSR count). The van der Waals surface area contributed by atoms with Gasteiger partial charge in [0.1, 0.15) is 11.5 Å². The van der Waals surface area contributed by atoms with Gasteiger partial charge < -0.3 is 15.5 Å². The van der Waals surface area contributed by atoms with E-state index in [1.807, 2.05) is 0 Å². The predicted molar refractivity (Wildman–Crippen MR) is 73.9 cm³/mol. The molecule has 2 aromatic carbocycles. The van der Waals surface area contributed by atoms with Crippen molar-refractivity contribution < 1.29 is 15.0 Å². The first kappa shape index (κ1) is 13.2. The summed E-state index contributed by atoms with van der Waals surface area (Å²) in [6, 6.07) is 8.92. The van der Waals surface area contributed by atoms with Gasteiger partial charge in [0.05, 0.1) is 5.02 Å². The highest BCUT2D eigenvalue weighted by Gasteiger charge is 2.10. The highest BCUT2D eigenvalue weighted by molar-refractivity contribution is 6.32. The van der Waals surface area contributed by atoms with Crippen LogP contribution in [0, 0.1) is 6.92 Å². The van der Waals surface area contributed by atoms with Crippen LogP contribution in [0.5, 0.6) is 11.5 Å². The van der Waals surface area contributed by atoms with Gasteiger partial charge in [-0.3, -0.25) is 4.79 Å². The van der Waals surface area contributed by atoms with Gasteiger partial charge in [0.2, 0.25) is 0 Å². The molecule has 0 unspecified atom stereocenters. The Morgan fingerprint density at radius 3 is 2.53 bits per heavy atom. The fourth-order valence-electron chi connectivity index (χ4n) is 1.69. The molecule has 0 spiro atoms. The Hall–Kier alpha value is -2.20. The van der Waals surface area contributed by atoms with E-state index in [9.17, 15) is 15.0 Å². The molecule has 1 amide bonds. The normalized spacial score (nSPS) is 10.2. The fraction of sp³-hybridized carbons (Fsp3) is 0.0714. The molecule has 0 radical (unpaired) electrons. The summed E-state index contributed by atoms with van der Waals surface area (Å²) in [6.45, 7) is 1.73. The zero-order valence-electron chi connectivity index (χ0n) is 10.1. The lowest BCUT2D eigenvalue weighted by molar-refractivity contribution is 0.102. The second-order valence-electron chi connectivity index (χ2n) is 4.12. The average Bonchev–Trinajstić information content (AvgIpc) is 2.33. The van der Waals surface area contributed by atoms with E-state index in [1.165, 1.54) is 24.3 Å². The summed E-state index contributed by atoms with van der Waals surface area (Å²) < 4.78 is 0. The maximum absolute atomic E-state index is 12.0. The highest BCUT2D eigenvalue weighted by Crippen LogP contribution is 2.26. The number of benzene rings is 2. The van der Waals surface area contributed by atoms with E-state index in [-0.39, 0.29) is 22.4 Å². The largest absolute Gasteiger partial charge is 0.508 e. The van der Waals surface area contributed by atoms with Gasteiger partial charge in [-0.05, 0) is 48.9 Å². The lowest BCUT2D eigenvalue weighted by Crippen LogP contribution is -2.13. The van der Waals surface area contributed by atoms with E-state index in [1.54, 1.807) is 19.1 Å². The number of anilines is 1. The van der Waals surface area contributed by atoms with E-state index >= 15 is 0 Å². The Kier molecular flexibility index (Phi) is 3.62. The lowest BCUT2D eigenvalue weighted by atomic mass is 10.1. The van der Waals surface area contributed by atoms with Crippen molar-refractivity contribution in [2.45, 2.75) is 6.92 Å². The third kappa shape index (κ3) is 2.98. The Labute approximate surface area is 115 Å². The Balaban J connectivity index is 2.23. The van der Waals surface area contributed by atoms with Gasteiger partial charge in [0.15, 0.2) is 0 Å². The summed E-state index contributed by atoms with van der Waals surface area (Å²) >= 11 is 5.76. The van der Waals surface area contributed by atoms with Crippen LogP contribution in [0.3, 0.4) is 0 Å². The molecule has 19 heavy (non-hydrogen) atoms. The summed E-state index contributed by atoms with van der Waals surface area (Å²) in [7, 11) is 0. The van der Waals surface area contributed by atoms with Crippen LogP contribution in [-0.2, 0) is 0 Å². The minimum absolute atomic E-state index is 0.0412. The average molecular weight is 278 g/mol. The minimum atomic E-state index is -0.306. The number of carbonyl (C=O) groups excluding carboxylic acids is 1. The number of rotatable bonds is 2. The second kappa shape index (κ2) is 5.20. The van der Waals surface area contributed by atoms with Gasteiger partial charge in [-0.15, -0.1) is 0 Å². The number of phenolic OH excluding ortho intramolecular Hbond substituents is 2. The van der Waals surface area contributed by atoms with Crippen molar-refractivity contribution in [3.8, 4) is 11.5 Å². The molecule has 0 bridgehead atoms. The van der Waals surface area contributed by atoms with Gasteiger partial charge >= 0.3 is 0 Å². The molecular formula is C14H12ClNO3. The van der Waals surface area contributed by atoms with Crippen LogP contribution < -0.4 is 5.32 Å². The van der Waals surface area contributed by atoms with Crippen molar-refractivity contribution in [3.05, 3.63) is 52.5 Å². The number of hydrogen-bond acceptors (Lipinski definition) is 3. The first-order valence-corrected chi connectivity index (χ1v) is 5.94. The number of aryl methyl sites for hydroxylation is 1. The monoisotopic (exact) mass is 277 g/mol. The van der Waals surface area contributed by atoms with Crippen LogP contribution in [0.1, 0.15) is 15.9 Å². The van der Waals surface area contributed by atoms with E-state index < -0.39 is 0 Å². The standard InChI is InChI=1S/C14H12ClNO3/c1-8-6-10(17)3-4-11(8)14(19)16-9-2-5-13(18)12(15)7-9/h2-7,17-18H,1H3,(H,16,19). The molecule has 0 heterocycles. The number of halogens is 1. The SMILES string of the molecule is Cc1cc(O)ccc1C(=O)Nc1ccc(O)c(Cl)c1. The van der Waals surface area contributed by atoms with Crippen molar-refractivity contribution >= 4 is 23.2 Å². The quantitative estimate of drug-likeness (QED) is 0.738. The van der Waals surface area contributed by atoms with Gasteiger partial charge in [0, 0.05) is 11.3 Å². The number of amides is 1. The first-order chi connectivity index (χ1) is 8.97. The third-order valence-corrected chi connectivity index (χ3v) is 2.96. The molecule has 4 nitrogen and oxygen atoms in total. The van der Waals surface area contributed by atoms with E-state index in [0.717, 1.165) is 0 Å². The van der Waals surface area contributed by atoms with Crippen LogP contribution in [-0.4, -0.2) is 16.1 Å². The van der Waals surface area contributed by atoms with Crippen molar-refractivity contribution in [2.24, 2.45) is 0 Å². The number of phenols is 2. The number of carbonyl (C=O) groups is 1. The molecule has 0 fully saturated rings. The van der Waals surface area contributed by atoms with Gasteiger partial charge in [0.25, 0.3) is 5.91 Å². The lowest BCUT2D eigenvalue weighted by Gasteiger charge is -2.08. The van der Waals surface area contributed by atoms with Gasteiger partial charge in [-0.2, -0.15) is 0 Å². The first-order valence-electron chi connectivity index (χ1n) is 5.57. The number of nitrogens with one attached hydrogen (secondary N) is 1. The van der Waals surface area contributed by atoms with Crippen LogP contribution in [0.4, 0.5) is 5.69 Å². The summed E-state index contributed by atoms with van der Waals surface area (Å²) in [5.74, 6) is -0.235. The molecule has 3 N–H and O–H groups in total. The van der Waals surface area contributed by atoms with Crippen molar-refractivity contribution in [1.82, 2.24) is 0 Å². The predicted octanol–water partition coefficient (Wildman–Crippen LogP) is 3.31. The molecule has 0 aliphatic heterocycles. The Bertz CT molecular complexity index is 641. The molecule has 0 aromatic heterocycles. The van der Waals surface area contributed by atoms with Crippen LogP contribution in [0.15, 0.2) is 36.4 Å². The fourth-order valence-corrected chi connectivity index (χ4v) is 1.87. The maximum Gasteiger partial charge on any atom is 0.255 e. The second-order valence-corrected chi connectivity index (χ2v) is 4.53. The van der Waals surface area contributed by atoms with Crippen LogP contribution in [0.25, 0.3) is 0 Å². The molecule has 0 atom stereocenters. The number of aromatic hydroxyl groups is 2. The molecular weight excluding hydrogens is 266 g/mol. The Morgan fingerprint density at radius 1 is 1.16 bits per heavy atom. The summed E-state index contributed by atoms with van der Waals surface area (Å²) in [5.41, 5.74) is 1.62. The molecule has 2 aromatic rings. The van der Waals surface area contributed by atoms with E-state index in [4.69, 9.17) is 11.6 Å². The Morgan fingerprint density at radius 2 is 1.89 bits per heavy atom. The van der Waals surface area contributed by atoms with Crippen molar-refractivity contribution in [3.63, 3.8) is 0 Å². The van der Waals surface area contributed by atoms with E-state index in [0.29, 0.717) is 16.8 Å². The minimum Gasteiger partial charge on any atom is -0.508 e. The summed E-state index contributed by atoms with van der Waals surface area (Å²) in [5, 5.41) is 21.4.